The van der Waals surface area contributed by atoms with Crippen molar-refractivity contribution in [2.45, 2.75) is 26.2 Å². The van der Waals surface area contributed by atoms with E-state index in [4.69, 9.17) is 14.2 Å². The van der Waals surface area contributed by atoms with E-state index in [1.807, 2.05) is 72.8 Å². The van der Waals surface area contributed by atoms with Gasteiger partial charge in [-0.2, -0.15) is 0 Å². The van der Waals surface area contributed by atoms with Gasteiger partial charge < -0.3 is 19.2 Å². The second-order valence-corrected chi connectivity index (χ2v) is 9.15. The Balaban J connectivity index is 1.31. The fourth-order valence-electron chi connectivity index (χ4n) is 4.60. The van der Waals surface area contributed by atoms with Gasteiger partial charge in [-0.25, -0.2) is 4.68 Å². The van der Waals surface area contributed by atoms with Crippen molar-refractivity contribution in [2.24, 2.45) is 0 Å². The maximum atomic E-state index is 13.0. The van der Waals surface area contributed by atoms with Crippen LogP contribution in [0.3, 0.4) is 0 Å². The van der Waals surface area contributed by atoms with Gasteiger partial charge in [-0.15, -0.1) is 5.10 Å². The van der Waals surface area contributed by atoms with Gasteiger partial charge in [0.05, 0.1) is 20.2 Å². The molecule has 0 atom stereocenters. The molecule has 0 unspecified atom stereocenters. The molecule has 10 heteroatoms. The number of methoxy groups -OCH3 is 1. The Morgan fingerprint density at radius 3 is 2.68 bits per heavy atom. The summed E-state index contributed by atoms with van der Waals surface area (Å²) >= 11 is 0. The molecule has 1 aliphatic heterocycles. The second-order valence-electron chi connectivity index (χ2n) is 9.15. The fraction of sp³-hybridized carbons (Fsp3) is 0.214. The number of nitrogens with one attached hydrogen (secondary N) is 1. The minimum Gasteiger partial charge on any atom is -0.497 e. The molecule has 0 bridgehead atoms. The number of pyridine rings is 1. The van der Waals surface area contributed by atoms with Crippen LogP contribution in [0.15, 0.2) is 77.6 Å². The standard InChI is InChI=1S/C28H26N6O4/c1-36-23-8-9-24-21(13-23)12-22(28(35)29-24)16-33(14-20-7-10-25-26(11-20)38-18-37-25)17-27-30-31-32-34(27)15-19-5-3-2-4-6-19/h2-13H,14-18H2,1H3,(H,29,35). The highest BCUT2D eigenvalue weighted by Crippen LogP contribution is 2.33. The molecular formula is C28H26N6O4. The van der Waals surface area contributed by atoms with Crippen LogP contribution >= 0.6 is 0 Å². The summed E-state index contributed by atoms with van der Waals surface area (Å²) in [7, 11) is 1.63. The van der Waals surface area contributed by atoms with E-state index in [-0.39, 0.29) is 12.4 Å². The summed E-state index contributed by atoms with van der Waals surface area (Å²) in [6, 6.07) is 23.4. The lowest BCUT2D eigenvalue weighted by molar-refractivity contribution is 0.174. The molecule has 5 aromatic rings. The van der Waals surface area contributed by atoms with E-state index in [1.165, 1.54) is 0 Å². The zero-order chi connectivity index (χ0) is 25.9. The van der Waals surface area contributed by atoms with Crippen molar-refractivity contribution >= 4 is 10.9 Å². The van der Waals surface area contributed by atoms with Crippen molar-refractivity contribution in [2.75, 3.05) is 13.9 Å². The molecule has 2 aromatic heterocycles. The monoisotopic (exact) mass is 510 g/mol. The third-order valence-corrected chi connectivity index (χ3v) is 6.51. The Morgan fingerprint density at radius 1 is 0.947 bits per heavy atom. The third kappa shape index (κ3) is 5.07. The summed E-state index contributed by atoms with van der Waals surface area (Å²) in [5.74, 6) is 2.88. The maximum Gasteiger partial charge on any atom is 0.252 e. The van der Waals surface area contributed by atoms with Crippen LogP contribution in [-0.2, 0) is 26.2 Å². The molecular weight excluding hydrogens is 484 g/mol. The van der Waals surface area contributed by atoms with Crippen molar-refractivity contribution in [1.29, 1.82) is 0 Å². The number of nitrogens with zero attached hydrogens (tertiary/aromatic N) is 5. The first-order valence-electron chi connectivity index (χ1n) is 12.2. The molecule has 38 heavy (non-hydrogen) atoms. The Labute approximate surface area is 218 Å². The van der Waals surface area contributed by atoms with Crippen LogP contribution in [-0.4, -0.2) is 44.0 Å². The van der Waals surface area contributed by atoms with Gasteiger partial charge in [0.15, 0.2) is 17.3 Å². The maximum absolute atomic E-state index is 13.0. The Morgan fingerprint density at radius 2 is 1.82 bits per heavy atom. The summed E-state index contributed by atoms with van der Waals surface area (Å²) < 4.78 is 18.2. The van der Waals surface area contributed by atoms with Crippen molar-refractivity contribution in [3.8, 4) is 17.2 Å². The van der Waals surface area contributed by atoms with Crippen LogP contribution in [0.25, 0.3) is 10.9 Å². The Hall–Kier alpha value is -4.70. The number of ether oxygens (including phenoxy) is 3. The first-order valence-corrected chi connectivity index (χ1v) is 12.2. The van der Waals surface area contributed by atoms with Crippen molar-refractivity contribution < 1.29 is 14.2 Å². The van der Waals surface area contributed by atoms with E-state index in [1.54, 1.807) is 11.8 Å². The summed E-state index contributed by atoms with van der Waals surface area (Å²) in [5, 5.41) is 13.3. The van der Waals surface area contributed by atoms with Crippen molar-refractivity contribution in [1.82, 2.24) is 30.1 Å². The molecule has 6 rings (SSSR count). The number of hydrogen-bond acceptors (Lipinski definition) is 8. The first kappa shape index (κ1) is 23.7. The molecule has 0 spiro atoms. The number of aromatic nitrogens is 5. The second kappa shape index (κ2) is 10.3. The van der Waals surface area contributed by atoms with E-state index in [0.717, 1.165) is 33.5 Å². The number of hydrogen-bond donors (Lipinski definition) is 1. The number of H-pyrrole nitrogens is 1. The summed E-state index contributed by atoms with van der Waals surface area (Å²) in [5.41, 5.74) is 3.38. The minimum absolute atomic E-state index is 0.137. The van der Waals surface area contributed by atoms with Gasteiger partial charge in [0.1, 0.15) is 5.75 Å². The van der Waals surface area contributed by atoms with Gasteiger partial charge in [-0.3, -0.25) is 9.69 Å². The van der Waals surface area contributed by atoms with Crippen LogP contribution in [0.5, 0.6) is 17.2 Å². The predicted octanol–water partition coefficient (Wildman–Crippen LogP) is 3.50. The molecule has 3 heterocycles. The molecule has 0 fully saturated rings. The lowest BCUT2D eigenvalue weighted by atomic mass is 10.1. The van der Waals surface area contributed by atoms with E-state index in [0.29, 0.717) is 43.3 Å². The van der Waals surface area contributed by atoms with E-state index >= 15 is 0 Å². The average molecular weight is 511 g/mol. The van der Waals surface area contributed by atoms with Crippen LogP contribution in [0.1, 0.15) is 22.5 Å². The zero-order valence-corrected chi connectivity index (χ0v) is 20.8. The first-order chi connectivity index (χ1) is 18.6. The molecule has 0 saturated carbocycles. The predicted molar refractivity (Wildman–Crippen MR) is 140 cm³/mol. The number of rotatable bonds is 9. The summed E-state index contributed by atoms with van der Waals surface area (Å²) in [6.45, 7) is 2.13. The zero-order valence-electron chi connectivity index (χ0n) is 20.8. The molecule has 192 valence electrons. The van der Waals surface area contributed by atoms with Gasteiger partial charge in [0.25, 0.3) is 5.56 Å². The van der Waals surface area contributed by atoms with Crippen molar-refractivity contribution in [3.63, 3.8) is 0 Å². The van der Waals surface area contributed by atoms with Gasteiger partial charge in [0.2, 0.25) is 6.79 Å². The van der Waals surface area contributed by atoms with Crippen LogP contribution in [0.2, 0.25) is 0 Å². The number of aromatic amines is 1. The topological polar surface area (TPSA) is 107 Å². The summed E-state index contributed by atoms with van der Waals surface area (Å²) in [4.78, 5) is 18.2. The Bertz CT molecular complexity index is 1630. The summed E-state index contributed by atoms with van der Waals surface area (Å²) in [6.07, 6.45) is 0. The minimum atomic E-state index is -0.137. The highest BCUT2D eigenvalue weighted by atomic mass is 16.7. The molecule has 0 saturated heterocycles. The fourth-order valence-corrected chi connectivity index (χ4v) is 4.60. The number of benzene rings is 3. The van der Waals surface area contributed by atoms with Crippen molar-refractivity contribution in [3.05, 3.63) is 106 Å². The number of fused-ring (bicyclic) bond motifs is 2. The number of tetrazole rings is 1. The molecule has 3 aromatic carbocycles. The van der Waals surface area contributed by atoms with E-state index in [2.05, 4.69) is 25.4 Å². The highest BCUT2D eigenvalue weighted by Gasteiger charge is 2.19. The molecule has 1 aliphatic rings. The average Bonchev–Trinajstić information content (AvgIpc) is 3.58. The molecule has 1 N–H and O–H groups in total. The van der Waals surface area contributed by atoms with Gasteiger partial charge >= 0.3 is 0 Å². The lowest BCUT2D eigenvalue weighted by Crippen LogP contribution is -2.28. The Kier molecular flexibility index (Phi) is 6.45. The van der Waals surface area contributed by atoms with Gasteiger partial charge in [-0.1, -0.05) is 36.4 Å². The molecule has 0 radical (unpaired) electrons. The molecule has 0 aliphatic carbocycles. The third-order valence-electron chi connectivity index (χ3n) is 6.51. The SMILES string of the molecule is COc1ccc2[nH]c(=O)c(CN(Cc3ccc4c(c3)OCO4)Cc3nnnn3Cc3ccccc3)cc2c1. The quantitative estimate of drug-likeness (QED) is 0.321. The highest BCUT2D eigenvalue weighted by molar-refractivity contribution is 5.80. The van der Waals surface area contributed by atoms with Crippen LogP contribution in [0.4, 0.5) is 0 Å². The van der Waals surface area contributed by atoms with Crippen LogP contribution < -0.4 is 19.8 Å². The van der Waals surface area contributed by atoms with Gasteiger partial charge in [0, 0.05) is 29.6 Å². The smallest absolute Gasteiger partial charge is 0.252 e. The normalized spacial score (nSPS) is 12.4. The van der Waals surface area contributed by atoms with E-state index in [9.17, 15) is 4.79 Å². The lowest BCUT2D eigenvalue weighted by Gasteiger charge is -2.22. The molecule has 10 nitrogen and oxygen atoms in total. The van der Waals surface area contributed by atoms with E-state index < -0.39 is 0 Å². The molecule has 0 amide bonds. The largest absolute Gasteiger partial charge is 0.497 e. The van der Waals surface area contributed by atoms with Crippen LogP contribution in [0, 0.1) is 0 Å². The van der Waals surface area contributed by atoms with Gasteiger partial charge in [-0.05, 0) is 58.0 Å².